The lowest BCUT2D eigenvalue weighted by atomic mass is 9.71. The van der Waals surface area contributed by atoms with Crippen LogP contribution in [0, 0.1) is 17.3 Å². The normalized spacial score (nSPS) is 14.8. The molecule has 1 heteroatoms. The maximum atomic E-state index is 3.50. The zero-order valence-electron chi connectivity index (χ0n) is 11.0. The largest absolute Gasteiger partial charge is 0.317 e. The van der Waals surface area contributed by atoms with Crippen molar-refractivity contribution in [3.8, 4) is 0 Å². The molecule has 0 amide bonds. The predicted octanol–water partition coefficient (Wildman–Crippen LogP) is 3.69. The van der Waals surface area contributed by atoms with Crippen molar-refractivity contribution in [2.45, 2.75) is 54.4 Å². The van der Waals surface area contributed by atoms with Crippen molar-refractivity contribution in [3.63, 3.8) is 0 Å². The molecule has 0 fully saturated rings. The molecule has 1 nitrogen and oxygen atoms in total. The van der Waals surface area contributed by atoms with E-state index in [0.717, 1.165) is 18.4 Å². The van der Waals surface area contributed by atoms with E-state index in [9.17, 15) is 0 Å². The molecule has 0 spiro atoms. The maximum Gasteiger partial charge on any atom is -0.00130 e. The highest BCUT2D eigenvalue weighted by molar-refractivity contribution is 4.81. The second-order valence-corrected chi connectivity index (χ2v) is 5.36. The Bertz CT molecular complexity index is 131. The molecule has 0 radical (unpaired) electrons. The Morgan fingerprint density at radius 2 is 1.50 bits per heavy atom. The van der Waals surface area contributed by atoms with Gasteiger partial charge in [0.1, 0.15) is 0 Å². The highest BCUT2D eigenvalue weighted by Crippen LogP contribution is 2.34. The Kier molecular flexibility index (Phi) is 6.43. The van der Waals surface area contributed by atoms with Crippen LogP contribution in [0.25, 0.3) is 0 Å². The first-order valence-corrected chi connectivity index (χ1v) is 6.18. The minimum absolute atomic E-state index is 0.429. The molecule has 0 aromatic rings. The quantitative estimate of drug-likeness (QED) is 0.688. The first kappa shape index (κ1) is 14.0. The van der Waals surface area contributed by atoms with Gasteiger partial charge in [0, 0.05) is 0 Å². The van der Waals surface area contributed by atoms with Gasteiger partial charge >= 0.3 is 0 Å². The second-order valence-electron chi connectivity index (χ2n) is 5.36. The fraction of sp³-hybridized carbons (Fsp3) is 1.00. The summed E-state index contributed by atoms with van der Waals surface area (Å²) < 4.78 is 0. The molecular weight excluding hydrogens is 170 g/mol. The molecule has 0 aliphatic carbocycles. The molecule has 86 valence electrons. The van der Waals surface area contributed by atoms with Gasteiger partial charge in [-0.2, -0.15) is 0 Å². The Hall–Kier alpha value is -0.0400. The Morgan fingerprint density at radius 3 is 1.79 bits per heavy atom. The number of nitrogens with one attached hydrogen (secondary N) is 1. The fourth-order valence-corrected chi connectivity index (χ4v) is 2.34. The third-order valence-electron chi connectivity index (χ3n) is 3.34. The van der Waals surface area contributed by atoms with Gasteiger partial charge in [0.2, 0.25) is 0 Å². The van der Waals surface area contributed by atoms with E-state index in [4.69, 9.17) is 0 Å². The van der Waals surface area contributed by atoms with Gasteiger partial charge in [-0.1, -0.05) is 54.4 Å². The van der Waals surface area contributed by atoms with Crippen LogP contribution in [0.5, 0.6) is 0 Å². The van der Waals surface area contributed by atoms with Gasteiger partial charge in [-0.15, -0.1) is 0 Å². The van der Waals surface area contributed by atoms with Gasteiger partial charge in [0.25, 0.3) is 0 Å². The van der Waals surface area contributed by atoms with E-state index in [1.165, 1.54) is 19.4 Å². The van der Waals surface area contributed by atoms with Crippen molar-refractivity contribution in [1.29, 1.82) is 0 Å². The van der Waals surface area contributed by atoms with Crippen LogP contribution in [-0.2, 0) is 0 Å². The van der Waals surface area contributed by atoms with E-state index in [1.807, 2.05) is 0 Å². The monoisotopic (exact) mass is 199 g/mol. The van der Waals surface area contributed by atoms with E-state index in [-0.39, 0.29) is 0 Å². The zero-order valence-corrected chi connectivity index (χ0v) is 11.0. The topological polar surface area (TPSA) is 12.0 Å². The Labute approximate surface area is 90.7 Å². The van der Waals surface area contributed by atoms with Crippen LogP contribution >= 0.6 is 0 Å². The minimum Gasteiger partial charge on any atom is -0.317 e. The van der Waals surface area contributed by atoms with Crippen molar-refractivity contribution < 1.29 is 0 Å². The molecule has 0 bridgehead atoms. The van der Waals surface area contributed by atoms with Crippen LogP contribution in [0.15, 0.2) is 0 Å². The van der Waals surface area contributed by atoms with Crippen molar-refractivity contribution >= 4 is 0 Å². The van der Waals surface area contributed by atoms with E-state index in [0.29, 0.717) is 5.41 Å². The molecule has 0 aromatic heterocycles. The summed E-state index contributed by atoms with van der Waals surface area (Å²) in [5, 5.41) is 3.50. The third-order valence-corrected chi connectivity index (χ3v) is 3.34. The highest BCUT2D eigenvalue weighted by Gasteiger charge is 2.29. The average Bonchev–Trinajstić information content (AvgIpc) is 2.10. The maximum absolute atomic E-state index is 3.50. The van der Waals surface area contributed by atoms with E-state index in [2.05, 4.69) is 46.9 Å². The lowest BCUT2D eigenvalue weighted by Crippen LogP contribution is -2.36. The molecule has 1 atom stereocenters. The molecule has 1 unspecified atom stereocenters. The van der Waals surface area contributed by atoms with Gasteiger partial charge in [-0.05, 0) is 30.3 Å². The number of hydrogen-bond acceptors (Lipinski definition) is 1. The van der Waals surface area contributed by atoms with Crippen LogP contribution in [0.3, 0.4) is 0 Å². The fourth-order valence-electron chi connectivity index (χ4n) is 2.34. The molecule has 0 rings (SSSR count). The summed E-state index contributed by atoms with van der Waals surface area (Å²) in [4.78, 5) is 0. The van der Waals surface area contributed by atoms with Crippen molar-refractivity contribution in [3.05, 3.63) is 0 Å². The molecule has 0 aliphatic rings. The van der Waals surface area contributed by atoms with Gasteiger partial charge < -0.3 is 5.32 Å². The summed E-state index contributed by atoms with van der Waals surface area (Å²) in [6.07, 6.45) is 2.62. The summed E-state index contributed by atoms with van der Waals surface area (Å²) in [5.41, 5.74) is 0.429. The second kappa shape index (κ2) is 6.44. The molecule has 14 heavy (non-hydrogen) atoms. The van der Waals surface area contributed by atoms with Crippen LogP contribution in [0.4, 0.5) is 0 Å². The molecule has 1 N–H and O–H groups in total. The minimum atomic E-state index is 0.429. The number of hydrogen-bond donors (Lipinski definition) is 1. The summed E-state index contributed by atoms with van der Waals surface area (Å²) >= 11 is 0. The molecule has 0 aliphatic heterocycles. The van der Waals surface area contributed by atoms with E-state index in [1.54, 1.807) is 0 Å². The zero-order chi connectivity index (χ0) is 11.2. The summed E-state index contributed by atoms with van der Waals surface area (Å²) in [6.45, 7) is 16.2. The van der Waals surface area contributed by atoms with Gasteiger partial charge in [0.05, 0.1) is 0 Å². The van der Waals surface area contributed by atoms with Gasteiger partial charge in [-0.3, -0.25) is 0 Å². The van der Waals surface area contributed by atoms with Crippen LogP contribution in [0.2, 0.25) is 0 Å². The van der Waals surface area contributed by atoms with Crippen molar-refractivity contribution in [2.75, 3.05) is 13.1 Å². The lowest BCUT2D eigenvalue weighted by molar-refractivity contribution is 0.146. The molecule has 0 saturated heterocycles. The van der Waals surface area contributed by atoms with Gasteiger partial charge in [-0.25, -0.2) is 0 Å². The Morgan fingerprint density at radius 1 is 1.00 bits per heavy atom. The summed E-state index contributed by atoms with van der Waals surface area (Å²) in [5.74, 6) is 1.67. The van der Waals surface area contributed by atoms with Crippen molar-refractivity contribution in [2.24, 2.45) is 17.3 Å². The van der Waals surface area contributed by atoms with E-state index < -0.39 is 0 Å². The lowest BCUT2D eigenvalue weighted by Gasteiger charge is -2.36. The molecule has 0 heterocycles. The van der Waals surface area contributed by atoms with Crippen LogP contribution < -0.4 is 5.32 Å². The molecular formula is C13H29N. The first-order chi connectivity index (χ1) is 6.47. The van der Waals surface area contributed by atoms with Crippen LogP contribution in [0.1, 0.15) is 54.4 Å². The molecule has 0 aromatic carbocycles. The van der Waals surface area contributed by atoms with Crippen LogP contribution in [-0.4, -0.2) is 13.1 Å². The summed E-state index contributed by atoms with van der Waals surface area (Å²) in [6, 6.07) is 0. The molecule has 0 saturated carbocycles. The Balaban J connectivity index is 4.37. The summed E-state index contributed by atoms with van der Waals surface area (Å²) in [7, 11) is 0. The smallest absolute Gasteiger partial charge is 0.00130 e. The standard InChI is InChI=1S/C13H29N/c1-7-11(8-2)12(10-14-9-3)13(4,5)6/h11-12,14H,7-10H2,1-6H3. The van der Waals surface area contributed by atoms with E-state index >= 15 is 0 Å². The highest BCUT2D eigenvalue weighted by atomic mass is 14.9. The van der Waals surface area contributed by atoms with Gasteiger partial charge in [0.15, 0.2) is 0 Å². The number of rotatable bonds is 6. The average molecular weight is 199 g/mol. The van der Waals surface area contributed by atoms with Crippen molar-refractivity contribution in [1.82, 2.24) is 5.32 Å². The third kappa shape index (κ3) is 4.45. The first-order valence-electron chi connectivity index (χ1n) is 6.18. The predicted molar refractivity (Wildman–Crippen MR) is 65.6 cm³/mol. The SMILES string of the molecule is CCNCC(C(CC)CC)C(C)(C)C.